The standard InChI is InChI=1S/C19H31N3O/c1-4-10-22(11-5-2)19(23)16-20-12-14-21(15-13-20)18-9-7-6-8-17(18)3/h6-9H,4-5,10-16H2,1-3H3. The molecule has 1 aliphatic heterocycles. The summed E-state index contributed by atoms with van der Waals surface area (Å²) < 4.78 is 0. The third-order valence-corrected chi connectivity index (χ3v) is 4.53. The predicted molar refractivity (Wildman–Crippen MR) is 97.0 cm³/mol. The van der Waals surface area contributed by atoms with Crippen LogP contribution in [0.4, 0.5) is 5.69 Å². The monoisotopic (exact) mass is 317 g/mol. The van der Waals surface area contributed by atoms with E-state index in [4.69, 9.17) is 0 Å². The van der Waals surface area contributed by atoms with Gasteiger partial charge in [-0.1, -0.05) is 32.0 Å². The SMILES string of the molecule is CCCN(CCC)C(=O)CN1CCN(c2ccccc2C)CC1. The lowest BCUT2D eigenvalue weighted by molar-refractivity contribution is -0.132. The summed E-state index contributed by atoms with van der Waals surface area (Å²) in [4.78, 5) is 19.2. The van der Waals surface area contributed by atoms with Gasteiger partial charge < -0.3 is 9.80 Å². The molecule has 4 nitrogen and oxygen atoms in total. The van der Waals surface area contributed by atoms with Crippen molar-refractivity contribution >= 4 is 11.6 Å². The second kappa shape index (κ2) is 8.92. The van der Waals surface area contributed by atoms with E-state index in [1.54, 1.807) is 0 Å². The summed E-state index contributed by atoms with van der Waals surface area (Å²) in [6, 6.07) is 8.55. The molecule has 2 rings (SSSR count). The van der Waals surface area contributed by atoms with Crippen LogP contribution in [-0.2, 0) is 4.79 Å². The summed E-state index contributed by atoms with van der Waals surface area (Å²) in [6.07, 6.45) is 2.07. The first-order valence-corrected chi connectivity index (χ1v) is 8.96. The number of benzene rings is 1. The number of hydrogen-bond donors (Lipinski definition) is 0. The van der Waals surface area contributed by atoms with Gasteiger partial charge in [0.05, 0.1) is 6.54 Å². The van der Waals surface area contributed by atoms with E-state index < -0.39 is 0 Å². The molecular formula is C19H31N3O. The molecule has 0 spiro atoms. The number of carbonyl (C=O) groups is 1. The molecular weight excluding hydrogens is 286 g/mol. The smallest absolute Gasteiger partial charge is 0.236 e. The average molecular weight is 317 g/mol. The Labute approximate surface area is 141 Å². The fraction of sp³-hybridized carbons (Fsp3) is 0.632. The van der Waals surface area contributed by atoms with Crippen molar-refractivity contribution in [3.8, 4) is 0 Å². The molecule has 0 bridgehead atoms. The molecule has 0 unspecified atom stereocenters. The predicted octanol–water partition coefficient (Wildman–Crippen LogP) is 2.77. The number of para-hydroxylation sites is 1. The Kier molecular flexibility index (Phi) is 6.90. The molecule has 0 saturated carbocycles. The maximum atomic E-state index is 12.5. The molecule has 1 aromatic carbocycles. The molecule has 128 valence electrons. The Morgan fingerprint density at radius 3 is 2.22 bits per heavy atom. The van der Waals surface area contributed by atoms with Crippen LogP contribution in [0.5, 0.6) is 0 Å². The molecule has 1 saturated heterocycles. The van der Waals surface area contributed by atoms with Crippen molar-refractivity contribution in [3.63, 3.8) is 0 Å². The number of aryl methyl sites for hydroxylation is 1. The topological polar surface area (TPSA) is 26.8 Å². The minimum absolute atomic E-state index is 0.290. The fourth-order valence-corrected chi connectivity index (χ4v) is 3.26. The van der Waals surface area contributed by atoms with Gasteiger partial charge in [0.25, 0.3) is 0 Å². The van der Waals surface area contributed by atoms with Gasteiger partial charge in [0.15, 0.2) is 0 Å². The first-order chi connectivity index (χ1) is 11.2. The summed E-state index contributed by atoms with van der Waals surface area (Å²) in [5.74, 6) is 0.290. The molecule has 0 aromatic heterocycles. The van der Waals surface area contributed by atoms with Gasteiger partial charge in [0, 0.05) is 45.0 Å². The first-order valence-electron chi connectivity index (χ1n) is 8.96. The Morgan fingerprint density at radius 2 is 1.65 bits per heavy atom. The molecule has 0 N–H and O–H groups in total. The van der Waals surface area contributed by atoms with Crippen LogP contribution < -0.4 is 4.90 Å². The quantitative estimate of drug-likeness (QED) is 0.774. The average Bonchev–Trinajstić information content (AvgIpc) is 2.56. The molecule has 23 heavy (non-hydrogen) atoms. The van der Waals surface area contributed by atoms with Crippen molar-refractivity contribution in [2.24, 2.45) is 0 Å². The number of amides is 1. The van der Waals surface area contributed by atoms with Gasteiger partial charge in [-0.05, 0) is 31.4 Å². The third-order valence-electron chi connectivity index (χ3n) is 4.53. The highest BCUT2D eigenvalue weighted by Crippen LogP contribution is 2.20. The number of hydrogen-bond acceptors (Lipinski definition) is 3. The van der Waals surface area contributed by atoms with E-state index in [0.29, 0.717) is 6.54 Å². The van der Waals surface area contributed by atoms with Crippen LogP contribution in [0.1, 0.15) is 32.3 Å². The first kappa shape index (κ1) is 17.8. The largest absolute Gasteiger partial charge is 0.369 e. The zero-order chi connectivity index (χ0) is 16.7. The van der Waals surface area contributed by atoms with Crippen LogP contribution in [0.25, 0.3) is 0 Å². The number of piperazine rings is 1. The fourth-order valence-electron chi connectivity index (χ4n) is 3.26. The molecule has 0 radical (unpaired) electrons. The summed E-state index contributed by atoms with van der Waals surface area (Å²) >= 11 is 0. The molecule has 1 amide bonds. The molecule has 1 aromatic rings. The second-order valence-corrected chi connectivity index (χ2v) is 6.43. The Bertz CT molecular complexity index is 489. The van der Waals surface area contributed by atoms with Crippen LogP contribution in [0.2, 0.25) is 0 Å². The van der Waals surface area contributed by atoms with Gasteiger partial charge in [-0.15, -0.1) is 0 Å². The summed E-state index contributed by atoms with van der Waals surface area (Å²) in [5, 5.41) is 0. The highest BCUT2D eigenvalue weighted by molar-refractivity contribution is 5.78. The van der Waals surface area contributed by atoms with E-state index >= 15 is 0 Å². The van der Waals surface area contributed by atoms with Gasteiger partial charge in [-0.25, -0.2) is 0 Å². The third kappa shape index (κ3) is 4.96. The molecule has 1 aliphatic rings. The van der Waals surface area contributed by atoms with E-state index in [1.165, 1.54) is 11.3 Å². The molecule has 1 fully saturated rings. The second-order valence-electron chi connectivity index (χ2n) is 6.43. The Balaban J connectivity index is 1.84. The van der Waals surface area contributed by atoms with E-state index in [0.717, 1.165) is 52.1 Å². The van der Waals surface area contributed by atoms with Crippen molar-refractivity contribution in [1.29, 1.82) is 0 Å². The van der Waals surface area contributed by atoms with Crippen molar-refractivity contribution < 1.29 is 4.79 Å². The summed E-state index contributed by atoms with van der Waals surface area (Å²) in [7, 11) is 0. The van der Waals surface area contributed by atoms with E-state index in [9.17, 15) is 4.79 Å². The van der Waals surface area contributed by atoms with Crippen LogP contribution in [0.3, 0.4) is 0 Å². The van der Waals surface area contributed by atoms with Crippen molar-refractivity contribution in [1.82, 2.24) is 9.80 Å². The minimum Gasteiger partial charge on any atom is -0.369 e. The van der Waals surface area contributed by atoms with Gasteiger partial charge in [0.2, 0.25) is 5.91 Å². The van der Waals surface area contributed by atoms with Crippen molar-refractivity contribution in [3.05, 3.63) is 29.8 Å². The lowest BCUT2D eigenvalue weighted by Gasteiger charge is -2.37. The van der Waals surface area contributed by atoms with Gasteiger partial charge in [0.1, 0.15) is 0 Å². The lowest BCUT2D eigenvalue weighted by atomic mass is 10.1. The highest BCUT2D eigenvalue weighted by atomic mass is 16.2. The van der Waals surface area contributed by atoms with Crippen molar-refractivity contribution in [2.75, 3.05) is 50.7 Å². The maximum absolute atomic E-state index is 12.5. The number of rotatable bonds is 7. The molecule has 4 heteroatoms. The highest BCUT2D eigenvalue weighted by Gasteiger charge is 2.21. The minimum atomic E-state index is 0.290. The Morgan fingerprint density at radius 1 is 1.04 bits per heavy atom. The van der Waals surface area contributed by atoms with Crippen LogP contribution in [0.15, 0.2) is 24.3 Å². The molecule has 0 aliphatic carbocycles. The molecule has 1 heterocycles. The molecule has 0 atom stereocenters. The van der Waals surface area contributed by atoms with E-state index in [1.807, 2.05) is 4.90 Å². The summed E-state index contributed by atoms with van der Waals surface area (Å²) in [5.41, 5.74) is 2.66. The zero-order valence-corrected chi connectivity index (χ0v) is 14.9. The maximum Gasteiger partial charge on any atom is 0.236 e. The zero-order valence-electron chi connectivity index (χ0n) is 14.9. The van der Waals surface area contributed by atoms with Crippen LogP contribution in [0, 0.1) is 6.92 Å². The number of nitrogens with zero attached hydrogens (tertiary/aromatic N) is 3. The van der Waals surface area contributed by atoms with Gasteiger partial charge in [-0.2, -0.15) is 0 Å². The van der Waals surface area contributed by atoms with Crippen LogP contribution in [-0.4, -0.2) is 61.5 Å². The lowest BCUT2D eigenvalue weighted by Crippen LogP contribution is -2.50. The normalized spacial score (nSPS) is 15.7. The number of carbonyl (C=O) groups excluding carboxylic acids is 1. The van der Waals surface area contributed by atoms with E-state index in [2.05, 4.69) is 54.8 Å². The number of anilines is 1. The Hall–Kier alpha value is -1.55. The van der Waals surface area contributed by atoms with Gasteiger partial charge >= 0.3 is 0 Å². The van der Waals surface area contributed by atoms with Crippen molar-refractivity contribution in [2.45, 2.75) is 33.6 Å². The summed E-state index contributed by atoms with van der Waals surface area (Å²) in [6.45, 7) is 12.7. The van der Waals surface area contributed by atoms with Gasteiger partial charge in [-0.3, -0.25) is 9.69 Å². The van der Waals surface area contributed by atoms with Crippen LogP contribution >= 0.6 is 0 Å². The van der Waals surface area contributed by atoms with E-state index in [-0.39, 0.29) is 5.91 Å².